The zero-order valence-electron chi connectivity index (χ0n) is 16.7. The van der Waals surface area contributed by atoms with Crippen LogP contribution in [-0.2, 0) is 9.47 Å². The Morgan fingerprint density at radius 3 is 1.25 bits per heavy atom. The zero-order valence-corrected chi connectivity index (χ0v) is 16.7. The van der Waals surface area contributed by atoms with Gasteiger partial charge in [0.15, 0.2) is 6.29 Å². The van der Waals surface area contributed by atoms with Crippen LogP contribution in [0.3, 0.4) is 0 Å². The van der Waals surface area contributed by atoms with Crippen LogP contribution in [0.5, 0.6) is 0 Å². The lowest BCUT2D eigenvalue weighted by atomic mass is 9.79. The molecule has 0 radical (unpaired) electrons. The summed E-state index contributed by atoms with van der Waals surface area (Å²) in [4.78, 5) is 0. The minimum atomic E-state index is -0.00815. The van der Waals surface area contributed by atoms with Gasteiger partial charge in [0.1, 0.15) is 0 Å². The van der Waals surface area contributed by atoms with Gasteiger partial charge in [0.25, 0.3) is 0 Å². The molecule has 20 heavy (non-hydrogen) atoms. The SMILES string of the molecule is CC.CC.CC.CC.COC1OC(C)C(C)C(C)C1C. The van der Waals surface area contributed by atoms with E-state index >= 15 is 0 Å². The molecule has 0 aliphatic carbocycles. The van der Waals surface area contributed by atoms with Crippen LogP contribution in [0, 0.1) is 17.8 Å². The Kier molecular flexibility index (Phi) is 29.9. The topological polar surface area (TPSA) is 18.5 Å². The summed E-state index contributed by atoms with van der Waals surface area (Å²) in [6, 6.07) is 0. The number of methoxy groups -OCH3 is 1. The molecule has 5 unspecified atom stereocenters. The van der Waals surface area contributed by atoms with E-state index in [1.54, 1.807) is 7.11 Å². The van der Waals surface area contributed by atoms with Gasteiger partial charge in [-0.3, -0.25) is 0 Å². The standard InChI is InChI=1S/C10H20O2.4C2H6/c1-6-7(2)9(4)12-10(11-5)8(6)3;4*1-2/h6-10H,1-5H3;4*1-2H3. The summed E-state index contributed by atoms with van der Waals surface area (Å²) in [6.07, 6.45) is 0.312. The third kappa shape index (κ3) is 10.7. The quantitative estimate of drug-likeness (QED) is 0.557. The molecule has 2 nitrogen and oxygen atoms in total. The molecule has 0 spiro atoms. The Bertz CT molecular complexity index is 144. The molecule has 2 heteroatoms. The summed E-state index contributed by atoms with van der Waals surface area (Å²) in [7, 11) is 1.72. The van der Waals surface area contributed by atoms with Crippen LogP contribution in [-0.4, -0.2) is 19.5 Å². The predicted molar refractivity (Wildman–Crippen MR) is 94.2 cm³/mol. The van der Waals surface area contributed by atoms with E-state index in [0.717, 1.165) is 0 Å². The van der Waals surface area contributed by atoms with Gasteiger partial charge >= 0.3 is 0 Å². The Morgan fingerprint density at radius 2 is 0.950 bits per heavy atom. The number of rotatable bonds is 1. The number of ether oxygens (including phenoxy) is 2. The van der Waals surface area contributed by atoms with E-state index in [1.165, 1.54) is 0 Å². The van der Waals surface area contributed by atoms with Gasteiger partial charge in [-0.1, -0.05) is 76.2 Å². The Balaban J connectivity index is -0.000000138. The first-order valence-corrected chi connectivity index (χ1v) is 8.76. The van der Waals surface area contributed by atoms with E-state index in [4.69, 9.17) is 9.47 Å². The molecule has 1 fully saturated rings. The van der Waals surface area contributed by atoms with Crippen LogP contribution in [0.2, 0.25) is 0 Å². The van der Waals surface area contributed by atoms with Gasteiger partial charge in [-0.05, 0) is 18.8 Å². The largest absolute Gasteiger partial charge is 0.356 e. The van der Waals surface area contributed by atoms with Crippen molar-refractivity contribution in [3.63, 3.8) is 0 Å². The van der Waals surface area contributed by atoms with Gasteiger partial charge in [0.2, 0.25) is 0 Å². The van der Waals surface area contributed by atoms with Crippen molar-refractivity contribution in [1.82, 2.24) is 0 Å². The first-order valence-electron chi connectivity index (χ1n) is 8.76. The highest BCUT2D eigenvalue weighted by Crippen LogP contribution is 2.34. The predicted octanol–water partition coefficient (Wildman–Crippen LogP) is 6.39. The van der Waals surface area contributed by atoms with Crippen LogP contribution in [0.25, 0.3) is 0 Å². The van der Waals surface area contributed by atoms with Crippen molar-refractivity contribution in [2.75, 3.05) is 7.11 Å². The molecule has 0 aromatic rings. The van der Waals surface area contributed by atoms with Crippen molar-refractivity contribution >= 4 is 0 Å². The Hall–Kier alpha value is -0.0800. The van der Waals surface area contributed by atoms with Gasteiger partial charge in [-0.25, -0.2) is 0 Å². The number of hydrogen-bond donors (Lipinski definition) is 0. The van der Waals surface area contributed by atoms with Gasteiger partial charge in [0, 0.05) is 13.0 Å². The van der Waals surface area contributed by atoms with Crippen molar-refractivity contribution in [1.29, 1.82) is 0 Å². The summed E-state index contributed by atoms with van der Waals surface area (Å²) in [5.41, 5.74) is 0. The molecule has 5 atom stereocenters. The summed E-state index contributed by atoms with van der Waals surface area (Å²) >= 11 is 0. The molecular weight excluding hydrogens is 248 g/mol. The minimum Gasteiger partial charge on any atom is -0.356 e. The summed E-state index contributed by atoms with van der Waals surface area (Å²) in [6.45, 7) is 24.8. The van der Waals surface area contributed by atoms with Gasteiger partial charge in [-0.15, -0.1) is 0 Å². The van der Waals surface area contributed by atoms with Gasteiger partial charge in [0.05, 0.1) is 6.10 Å². The second-order valence-corrected chi connectivity index (χ2v) is 4.02. The highest BCUT2D eigenvalue weighted by Gasteiger charge is 2.36. The second kappa shape index (κ2) is 21.2. The third-order valence-electron chi connectivity index (χ3n) is 3.41. The van der Waals surface area contributed by atoms with E-state index < -0.39 is 0 Å². The zero-order chi connectivity index (χ0) is 17.3. The molecule has 1 heterocycles. The van der Waals surface area contributed by atoms with E-state index in [9.17, 15) is 0 Å². The van der Waals surface area contributed by atoms with Crippen LogP contribution in [0.15, 0.2) is 0 Å². The molecule has 128 valence electrons. The molecule has 1 saturated heterocycles. The summed E-state index contributed by atoms with van der Waals surface area (Å²) in [5, 5.41) is 0. The molecular formula is C18H44O2. The summed E-state index contributed by atoms with van der Waals surface area (Å²) in [5.74, 6) is 1.81. The summed E-state index contributed by atoms with van der Waals surface area (Å²) < 4.78 is 11.0. The lowest BCUT2D eigenvalue weighted by Gasteiger charge is -2.41. The molecule has 1 rings (SSSR count). The van der Waals surface area contributed by atoms with E-state index in [0.29, 0.717) is 23.9 Å². The van der Waals surface area contributed by atoms with Crippen molar-refractivity contribution in [2.45, 2.75) is 95.5 Å². The molecule has 0 saturated carbocycles. The van der Waals surface area contributed by atoms with Crippen molar-refractivity contribution in [3.05, 3.63) is 0 Å². The molecule has 0 aromatic heterocycles. The highest BCUT2D eigenvalue weighted by atomic mass is 16.7. The Morgan fingerprint density at radius 1 is 0.600 bits per heavy atom. The molecule has 0 amide bonds. The normalized spacial score (nSPS) is 30.8. The second-order valence-electron chi connectivity index (χ2n) is 4.02. The van der Waals surface area contributed by atoms with Crippen molar-refractivity contribution < 1.29 is 9.47 Å². The molecule has 0 bridgehead atoms. The van der Waals surface area contributed by atoms with Crippen LogP contribution < -0.4 is 0 Å². The van der Waals surface area contributed by atoms with Gasteiger partial charge in [-0.2, -0.15) is 0 Å². The lowest BCUT2D eigenvalue weighted by molar-refractivity contribution is -0.232. The van der Waals surface area contributed by atoms with Crippen LogP contribution in [0.4, 0.5) is 0 Å². The first kappa shape index (κ1) is 28.1. The fraction of sp³-hybridized carbons (Fsp3) is 1.00. The van der Waals surface area contributed by atoms with Crippen LogP contribution in [0.1, 0.15) is 83.1 Å². The Labute approximate surface area is 130 Å². The van der Waals surface area contributed by atoms with Crippen molar-refractivity contribution in [3.8, 4) is 0 Å². The fourth-order valence-electron chi connectivity index (χ4n) is 1.88. The smallest absolute Gasteiger partial charge is 0.160 e. The maximum Gasteiger partial charge on any atom is 0.160 e. The molecule has 0 aromatic carbocycles. The van der Waals surface area contributed by atoms with Crippen LogP contribution >= 0.6 is 0 Å². The fourth-order valence-corrected chi connectivity index (χ4v) is 1.88. The van der Waals surface area contributed by atoms with E-state index in [2.05, 4.69) is 27.7 Å². The maximum atomic E-state index is 5.71. The average molecular weight is 293 g/mol. The van der Waals surface area contributed by atoms with E-state index in [1.807, 2.05) is 55.4 Å². The average Bonchev–Trinajstić information content (AvgIpc) is 2.56. The monoisotopic (exact) mass is 292 g/mol. The third-order valence-corrected chi connectivity index (χ3v) is 3.41. The lowest BCUT2D eigenvalue weighted by Crippen LogP contribution is -2.44. The maximum absolute atomic E-state index is 5.71. The molecule has 0 N–H and O–H groups in total. The minimum absolute atomic E-state index is 0.00815. The van der Waals surface area contributed by atoms with Gasteiger partial charge < -0.3 is 9.47 Å². The molecule has 1 aliphatic heterocycles. The molecule has 1 aliphatic rings. The van der Waals surface area contributed by atoms with E-state index in [-0.39, 0.29) is 6.29 Å². The highest BCUT2D eigenvalue weighted by molar-refractivity contribution is 4.80. The first-order chi connectivity index (χ1) is 9.57. The number of hydrogen-bond acceptors (Lipinski definition) is 2. The van der Waals surface area contributed by atoms with Crippen molar-refractivity contribution in [2.24, 2.45) is 17.8 Å².